The van der Waals surface area contributed by atoms with Crippen LogP contribution in [-0.2, 0) is 4.79 Å². The highest BCUT2D eigenvalue weighted by Gasteiger charge is 2.25. The van der Waals surface area contributed by atoms with Crippen LogP contribution in [-0.4, -0.2) is 58.1 Å². The highest BCUT2D eigenvalue weighted by atomic mass is 19.1. The minimum Gasteiger partial charge on any atom is -0.380 e. The van der Waals surface area contributed by atoms with Crippen molar-refractivity contribution in [1.82, 2.24) is 19.9 Å². The lowest BCUT2D eigenvalue weighted by molar-refractivity contribution is -0.111. The quantitative estimate of drug-likeness (QED) is 0.299. The fourth-order valence-corrected chi connectivity index (χ4v) is 4.19. The van der Waals surface area contributed by atoms with E-state index in [9.17, 15) is 9.18 Å². The van der Waals surface area contributed by atoms with Crippen molar-refractivity contribution in [1.29, 1.82) is 0 Å². The third-order valence-electron chi connectivity index (χ3n) is 5.99. The van der Waals surface area contributed by atoms with E-state index < -0.39 is 0 Å². The van der Waals surface area contributed by atoms with E-state index in [1.807, 2.05) is 42.5 Å². The molecule has 1 aliphatic heterocycles. The summed E-state index contributed by atoms with van der Waals surface area (Å²) < 4.78 is 12.4. The highest BCUT2D eigenvalue weighted by Crippen LogP contribution is 2.31. The zero-order valence-electron chi connectivity index (χ0n) is 19.6. The topological polar surface area (TPSA) is 95.1 Å². The third kappa shape index (κ3) is 5.16. The lowest BCUT2D eigenvalue weighted by Gasteiger charge is -2.39. The zero-order chi connectivity index (χ0) is 24.9. The van der Waals surface area contributed by atoms with Crippen molar-refractivity contribution in [3.8, 4) is 11.3 Å². The van der Waals surface area contributed by atoms with E-state index in [1.165, 1.54) is 6.08 Å². The number of nitrogens with zero attached hydrogens (tertiary/aromatic N) is 4. The summed E-state index contributed by atoms with van der Waals surface area (Å²) in [5.74, 6) is 0.137. The molecule has 3 N–H and O–H groups in total. The number of aromatic nitrogens is 3. The monoisotopic (exact) mass is 483 g/mol. The van der Waals surface area contributed by atoms with Gasteiger partial charge in [-0.25, -0.2) is 14.4 Å². The zero-order valence-corrected chi connectivity index (χ0v) is 19.6. The summed E-state index contributed by atoms with van der Waals surface area (Å²) in [7, 11) is 0. The van der Waals surface area contributed by atoms with Crippen molar-refractivity contribution < 1.29 is 9.18 Å². The molecule has 2 aromatic heterocycles. The van der Waals surface area contributed by atoms with Crippen LogP contribution in [0.4, 0.5) is 27.4 Å². The van der Waals surface area contributed by atoms with E-state index in [4.69, 9.17) is 4.98 Å². The molecule has 2 aromatic carbocycles. The standard InChI is InChI=1S/C27H26FN7O/c1-2-24(36)33-23-7-4-13-29-26(23)22-6-3-5-18-15-30-27(34-25(18)22)32-20-10-8-19(9-11-20)31-21-16-35(17-21)14-12-28/h2-11,13,15,21,31H,1,12,14,16-17H2,(H,33,36)(H,30,32,34). The normalized spacial score (nSPS) is 13.7. The van der Waals surface area contributed by atoms with Crippen molar-refractivity contribution in [2.75, 3.05) is 42.3 Å². The van der Waals surface area contributed by atoms with Gasteiger partial charge in [0.1, 0.15) is 6.67 Å². The summed E-state index contributed by atoms with van der Waals surface area (Å²) in [6.45, 7) is 5.42. The second-order valence-corrected chi connectivity index (χ2v) is 8.52. The Morgan fingerprint density at radius 1 is 1.08 bits per heavy atom. The molecule has 0 bridgehead atoms. The van der Waals surface area contributed by atoms with Crippen molar-refractivity contribution in [2.45, 2.75) is 6.04 Å². The number of alkyl halides is 1. The summed E-state index contributed by atoms with van der Waals surface area (Å²) in [4.78, 5) is 27.7. The molecule has 0 saturated carbocycles. The van der Waals surface area contributed by atoms with E-state index in [2.05, 4.69) is 37.4 Å². The van der Waals surface area contributed by atoms with Gasteiger partial charge in [0.05, 0.1) is 22.9 Å². The lowest BCUT2D eigenvalue weighted by Crippen LogP contribution is -2.55. The highest BCUT2D eigenvalue weighted by molar-refractivity contribution is 6.03. The Morgan fingerprint density at radius 2 is 1.89 bits per heavy atom. The molecule has 0 atom stereocenters. The van der Waals surface area contributed by atoms with Crippen LogP contribution in [0, 0.1) is 0 Å². The molecule has 9 heteroatoms. The van der Waals surface area contributed by atoms with Gasteiger partial charge in [0.2, 0.25) is 11.9 Å². The van der Waals surface area contributed by atoms with Crippen molar-refractivity contribution in [3.05, 3.63) is 79.6 Å². The number of benzene rings is 2. The van der Waals surface area contributed by atoms with Gasteiger partial charge in [-0.2, -0.15) is 0 Å². The largest absolute Gasteiger partial charge is 0.380 e. The summed E-state index contributed by atoms with van der Waals surface area (Å²) in [5.41, 5.74) is 4.53. The molecule has 0 spiro atoms. The second kappa shape index (κ2) is 10.5. The molecule has 0 unspecified atom stereocenters. The number of fused-ring (bicyclic) bond motifs is 1. The number of anilines is 4. The number of nitrogens with one attached hydrogen (secondary N) is 3. The average molecular weight is 484 g/mol. The first-order valence-electron chi connectivity index (χ1n) is 11.7. The third-order valence-corrected chi connectivity index (χ3v) is 5.99. The van der Waals surface area contributed by atoms with Crippen LogP contribution < -0.4 is 16.0 Å². The van der Waals surface area contributed by atoms with Gasteiger partial charge < -0.3 is 16.0 Å². The van der Waals surface area contributed by atoms with Crippen LogP contribution in [0.5, 0.6) is 0 Å². The Balaban J connectivity index is 1.35. The number of likely N-dealkylation sites (tertiary alicyclic amines) is 1. The number of rotatable bonds is 9. The molecule has 0 aliphatic carbocycles. The minimum absolute atomic E-state index is 0.305. The number of amides is 1. The van der Waals surface area contributed by atoms with Crippen LogP contribution in [0.3, 0.4) is 0 Å². The predicted molar refractivity (Wildman–Crippen MR) is 141 cm³/mol. The number of pyridine rings is 1. The van der Waals surface area contributed by atoms with Crippen LogP contribution in [0.2, 0.25) is 0 Å². The maximum atomic E-state index is 12.4. The molecule has 1 fully saturated rings. The van der Waals surface area contributed by atoms with Gasteiger partial charge in [-0.3, -0.25) is 14.7 Å². The SMILES string of the molecule is C=CC(=O)Nc1cccnc1-c1cccc2cnc(Nc3ccc(NC4CN(CCF)C4)cc3)nc12. The fraction of sp³-hybridized carbons (Fsp3) is 0.185. The van der Waals surface area contributed by atoms with Gasteiger partial charge >= 0.3 is 0 Å². The van der Waals surface area contributed by atoms with Gasteiger partial charge in [0.15, 0.2) is 0 Å². The van der Waals surface area contributed by atoms with E-state index in [-0.39, 0.29) is 12.6 Å². The number of carbonyl (C=O) groups is 1. The maximum Gasteiger partial charge on any atom is 0.247 e. The van der Waals surface area contributed by atoms with Gasteiger partial charge in [0.25, 0.3) is 0 Å². The van der Waals surface area contributed by atoms with Gasteiger partial charge in [0, 0.05) is 54.4 Å². The fourth-order valence-electron chi connectivity index (χ4n) is 4.19. The molecular weight excluding hydrogens is 457 g/mol. The van der Waals surface area contributed by atoms with Crippen molar-refractivity contribution in [3.63, 3.8) is 0 Å². The van der Waals surface area contributed by atoms with E-state index in [0.717, 1.165) is 35.4 Å². The summed E-state index contributed by atoms with van der Waals surface area (Å²) in [6, 6.07) is 17.6. The predicted octanol–water partition coefficient (Wildman–Crippen LogP) is 4.63. The van der Waals surface area contributed by atoms with Crippen molar-refractivity contribution in [2.24, 2.45) is 0 Å². The minimum atomic E-state index is -0.311. The Kier molecular flexibility index (Phi) is 6.81. The first-order chi connectivity index (χ1) is 17.6. The summed E-state index contributed by atoms with van der Waals surface area (Å²) in [6.07, 6.45) is 4.66. The molecule has 36 heavy (non-hydrogen) atoms. The molecule has 8 nitrogen and oxygen atoms in total. The van der Waals surface area contributed by atoms with Crippen LogP contribution in [0.1, 0.15) is 0 Å². The second-order valence-electron chi connectivity index (χ2n) is 8.52. The number of halogens is 1. The molecule has 4 aromatic rings. The number of carbonyl (C=O) groups excluding carboxylic acids is 1. The lowest BCUT2D eigenvalue weighted by atomic mass is 10.1. The van der Waals surface area contributed by atoms with Crippen LogP contribution in [0.15, 0.2) is 79.6 Å². The molecule has 3 heterocycles. The Hall–Kier alpha value is -4.37. The first kappa shape index (κ1) is 23.4. The Morgan fingerprint density at radius 3 is 2.67 bits per heavy atom. The van der Waals surface area contributed by atoms with E-state index in [0.29, 0.717) is 35.4 Å². The number of hydrogen-bond acceptors (Lipinski definition) is 7. The van der Waals surface area contributed by atoms with Crippen molar-refractivity contribution >= 4 is 39.8 Å². The van der Waals surface area contributed by atoms with E-state index >= 15 is 0 Å². The molecule has 1 saturated heterocycles. The first-order valence-corrected chi connectivity index (χ1v) is 11.7. The number of hydrogen-bond donors (Lipinski definition) is 3. The summed E-state index contributed by atoms with van der Waals surface area (Å²) in [5, 5.41) is 10.4. The maximum absolute atomic E-state index is 12.4. The van der Waals surface area contributed by atoms with Gasteiger partial charge in [-0.05, 0) is 42.5 Å². The number of para-hydroxylation sites is 1. The van der Waals surface area contributed by atoms with Gasteiger partial charge in [-0.15, -0.1) is 0 Å². The summed E-state index contributed by atoms with van der Waals surface area (Å²) >= 11 is 0. The van der Waals surface area contributed by atoms with Gasteiger partial charge in [-0.1, -0.05) is 24.8 Å². The Labute approximate surface area is 208 Å². The smallest absolute Gasteiger partial charge is 0.247 e. The van der Waals surface area contributed by atoms with E-state index in [1.54, 1.807) is 24.5 Å². The molecule has 1 amide bonds. The average Bonchev–Trinajstić information content (AvgIpc) is 2.88. The van der Waals surface area contributed by atoms with Crippen LogP contribution in [0.25, 0.3) is 22.2 Å². The Bertz CT molecular complexity index is 1390. The molecule has 5 rings (SSSR count). The molecule has 1 aliphatic rings. The van der Waals surface area contributed by atoms with Crippen LogP contribution >= 0.6 is 0 Å². The molecular formula is C27H26FN7O. The molecule has 0 radical (unpaired) electrons. The molecule has 182 valence electrons.